The van der Waals surface area contributed by atoms with Gasteiger partial charge in [-0.2, -0.15) is 4.31 Å². The SMILES string of the molecule is O=C(C1CC1)N1CCN(S(=O)(=O)CCl)CC1. The number of alkyl halides is 1. The van der Waals surface area contributed by atoms with E-state index in [2.05, 4.69) is 0 Å². The molecule has 0 aromatic rings. The molecule has 0 aromatic carbocycles. The van der Waals surface area contributed by atoms with Crippen LogP contribution in [0.5, 0.6) is 0 Å². The summed E-state index contributed by atoms with van der Waals surface area (Å²) >= 11 is 5.38. The quantitative estimate of drug-likeness (QED) is 0.679. The molecule has 2 aliphatic rings. The van der Waals surface area contributed by atoms with Crippen LogP contribution in [-0.2, 0) is 14.8 Å². The van der Waals surface area contributed by atoms with Gasteiger partial charge in [-0.25, -0.2) is 8.42 Å². The molecular formula is C9H15ClN2O3S. The van der Waals surface area contributed by atoms with E-state index in [-0.39, 0.29) is 17.0 Å². The molecule has 1 amide bonds. The number of amides is 1. The lowest BCUT2D eigenvalue weighted by molar-refractivity contribution is -0.133. The zero-order chi connectivity index (χ0) is 11.8. The molecule has 16 heavy (non-hydrogen) atoms. The van der Waals surface area contributed by atoms with E-state index < -0.39 is 10.0 Å². The molecule has 0 N–H and O–H groups in total. The summed E-state index contributed by atoms with van der Waals surface area (Å²) in [6.45, 7) is 1.72. The highest BCUT2D eigenvalue weighted by Gasteiger charge is 2.36. The summed E-state index contributed by atoms with van der Waals surface area (Å²) in [6, 6.07) is 0. The van der Waals surface area contributed by atoms with Gasteiger partial charge in [0.05, 0.1) is 0 Å². The summed E-state index contributed by atoms with van der Waals surface area (Å²) in [4.78, 5) is 13.5. The molecule has 1 saturated carbocycles. The zero-order valence-electron chi connectivity index (χ0n) is 8.93. The molecule has 0 bridgehead atoms. The Kier molecular flexibility index (Phi) is 3.42. The van der Waals surface area contributed by atoms with E-state index in [1.165, 1.54) is 4.31 Å². The van der Waals surface area contributed by atoms with Gasteiger partial charge in [0, 0.05) is 32.1 Å². The Morgan fingerprint density at radius 3 is 2.19 bits per heavy atom. The lowest BCUT2D eigenvalue weighted by atomic mass is 10.3. The Balaban J connectivity index is 1.89. The fourth-order valence-corrected chi connectivity index (χ4v) is 3.12. The molecule has 7 heteroatoms. The fraction of sp³-hybridized carbons (Fsp3) is 0.889. The minimum Gasteiger partial charge on any atom is -0.340 e. The molecule has 1 aliphatic carbocycles. The second kappa shape index (κ2) is 4.50. The van der Waals surface area contributed by atoms with Gasteiger partial charge in [0.2, 0.25) is 15.9 Å². The maximum atomic E-state index is 11.7. The topological polar surface area (TPSA) is 57.7 Å². The van der Waals surface area contributed by atoms with Crippen molar-refractivity contribution in [2.24, 2.45) is 5.92 Å². The number of piperazine rings is 1. The highest BCUT2D eigenvalue weighted by Crippen LogP contribution is 2.31. The number of carbonyl (C=O) groups is 1. The average Bonchev–Trinajstić information content (AvgIpc) is 3.12. The van der Waals surface area contributed by atoms with E-state index in [0.29, 0.717) is 26.2 Å². The number of sulfonamides is 1. The maximum Gasteiger partial charge on any atom is 0.228 e. The summed E-state index contributed by atoms with van der Waals surface area (Å²) in [6.07, 6.45) is 1.97. The molecule has 1 heterocycles. The van der Waals surface area contributed by atoms with Crippen molar-refractivity contribution in [1.82, 2.24) is 9.21 Å². The summed E-state index contributed by atoms with van der Waals surface area (Å²) in [5.74, 6) is 0.388. The van der Waals surface area contributed by atoms with Crippen LogP contribution in [0.4, 0.5) is 0 Å². The van der Waals surface area contributed by atoms with Crippen molar-refractivity contribution in [2.75, 3.05) is 31.4 Å². The first kappa shape index (κ1) is 12.1. The van der Waals surface area contributed by atoms with Crippen LogP contribution in [0.2, 0.25) is 0 Å². The number of rotatable bonds is 3. The van der Waals surface area contributed by atoms with E-state index in [9.17, 15) is 13.2 Å². The highest BCUT2D eigenvalue weighted by atomic mass is 35.5. The van der Waals surface area contributed by atoms with E-state index >= 15 is 0 Å². The van der Waals surface area contributed by atoms with Crippen molar-refractivity contribution in [3.63, 3.8) is 0 Å². The van der Waals surface area contributed by atoms with Crippen LogP contribution in [0, 0.1) is 5.92 Å². The molecule has 0 unspecified atom stereocenters. The van der Waals surface area contributed by atoms with Gasteiger partial charge in [-0.15, -0.1) is 11.6 Å². The molecule has 0 aromatic heterocycles. The van der Waals surface area contributed by atoms with Crippen LogP contribution >= 0.6 is 11.6 Å². The first-order valence-electron chi connectivity index (χ1n) is 5.37. The number of hydrogen-bond acceptors (Lipinski definition) is 3. The number of carbonyl (C=O) groups excluding carboxylic acids is 1. The Morgan fingerprint density at radius 1 is 1.19 bits per heavy atom. The number of nitrogens with zero attached hydrogens (tertiary/aromatic N) is 2. The Morgan fingerprint density at radius 2 is 1.75 bits per heavy atom. The first-order chi connectivity index (χ1) is 7.54. The molecule has 0 radical (unpaired) electrons. The van der Waals surface area contributed by atoms with Crippen LogP contribution in [0.1, 0.15) is 12.8 Å². The van der Waals surface area contributed by atoms with Crippen molar-refractivity contribution in [1.29, 1.82) is 0 Å². The Labute approximate surface area is 100 Å². The van der Waals surface area contributed by atoms with E-state index in [1.807, 2.05) is 0 Å². The van der Waals surface area contributed by atoms with Gasteiger partial charge in [-0.05, 0) is 12.8 Å². The highest BCUT2D eigenvalue weighted by molar-refractivity contribution is 7.90. The minimum absolute atomic E-state index is 0.183. The zero-order valence-corrected chi connectivity index (χ0v) is 10.5. The second-order valence-electron chi connectivity index (χ2n) is 4.22. The Bertz CT molecular complexity index is 372. The van der Waals surface area contributed by atoms with Gasteiger partial charge in [0.1, 0.15) is 5.21 Å². The van der Waals surface area contributed by atoms with Gasteiger partial charge in [-0.1, -0.05) is 0 Å². The molecule has 92 valence electrons. The van der Waals surface area contributed by atoms with Crippen LogP contribution in [-0.4, -0.2) is 54.9 Å². The third-order valence-electron chi connectivity index (χ3n) is 3.01. The van der Waals surface area contributed by atoms with Gasteiger partial charge in [0.15, 0.2) is 0 Å². The molecule has 1 aliphatic heterocycles. The summed E-state index contributed by atoms with van der Waals surface area (Å²) < 4.78 is 24.3. The molecule has 1 saturated heterocycles. The Hall–Kier alpha value is -0.330. The molecule has 0 spiro atoms. The standard InChI is InChI=1S/C9H15ClN2O3S/c10-7-16(14,15)12-5-3-11(4-6-12)9(13)8-1-2-8/h8H,1-7H2. The summed E-state index contributed by atoms with van der Waals surface area (Å²) in [5, 5.41) is -0.385. The van der Waals surface area contributed by atoms with Crippen molar-refractivity contribution in [2.45, 2.75) is 12.8 Å². The van der Waals surface area contributed by atoms with E-state index in [1.54, 1.807) is 4.90 Å². The maximum absolute atomic E-state index is 11.7. The van der Waals surface area contributed by atoms with Crippen molar-refractivity contribution in [3.8, 4) is 0 Å². The lowest BCUT2D eigenvalue weighted by Gasteiger charge is -2.33. The van der Waals surface area contributed by atoms with Crippen molar-refractivity contribution >= 4 is 27.5 Å². The average molecular weight is 267 g/mol. The first-order valence-corrected chi connectivity index (χ1v) is 7.51. The fourth-order valence-electron chi connectivity index (χ4n) is 1.84. The van der Waals surface area contributed by atoms with Crippen molar-refractivity contribution in [3.05, 3.63) is 0 Å². The van der Waals surface area contributed by atoms with Gasteiger partial charge in [-0.3, -0.25) is 4.79 Å². The summed E-state index contributed by atoms with van der Waals surface area (Å²) in [7, 11) is -3.31. The molecule has 5 nitrogen and oxygen atoms in total. The van der Waals surface area contributed by atoms with Gasteiger partial charge < -0.3 is 4.90 Å². The normalized spacial score (nSPS) is 23.4. The number of hydrogen-bond donors (Lipinski definition) is 0. The predicted molar refractivity (Wildman–Crippen MR) is 60.5 cm³/mol. The third kappa shape index (κ3) is 2.49. The third-order valence-corrected chi connectivity index (χ3v) is 5.26. The molecular weight excluding hydrogens is 252 g/mol. The lowest BCUT2D eigenvalue weighted by Crippen LogP contribution is -2.51. The smallest absolute Gasteiger partial charge is 0.228 e. The molecule has 2 fully saturated rings. The van der Waals surface area contributed by atoms with Crippen LogP contribution in [0.25, 0.3) is 0 Å². The van der Waals surface area contributed by atoms with E-state index in [4.69, 9.17) is 11.6 Å². The van der Waals surface area contributed by atoms with Crippen molar-refractivity contribution < 1.29 is 13.2 Å². The summed E-state index contributed by atoms with van der Waals surface area (Å²) in [5.41, 5.74) is 0. The second-order valence-corrected chi connectivity index (χ2v) is 6.77. The van der Waals surface area contributed by atoms with Crippen LogP contribution in [0.3, 0.4) is 0 Å². The molecule has 2 rings (SSSR count). The molecule has 0 atom stereocenters. The predicted octanol–water partition coefficient (Wildman–Crippen LogP) is 0.0667. The van der Waals surface area contributed by atoms with Crippen LogP contribution < -0.4 is 0 Å². The number of halogens is 1. The minimum atomic E-state index is -3.31. The van der Waals surface area contributed by atoms with E-state index in [0.717, 1.165) is 12.8 Å². The monoisotopic (exact) mass is 266 g/mol. The van der Waals surface area contributed by atoms with Gasteiger partial charge >= 0.3 is 0 Å². The van der Waals surface area contributed by atoms with Gasteiger partial charge in [0.25, 0.3) is 0 Å². The van der Waals surface area contributed by atoms with Crippen LogP contribution in [0.15, 0.2) is 0 Å². The largest absolute Gasteiger partial charge is 0.340 e.